The van der Waals surface area contributed by atoms with E-state index in [0.717, 1.165) is 48.3 Å². The number of hydrogen-bond donors (Lipinski definition) is 2. The predicted molar refractivity (Wildman–Crippen MR) is 170 cm³/mol. The molecule has 3 aromatic rings. The third-order valence-corrected chi connectivity index (χ3v) is 7.98. The molecule has 1 fully saturated rings. The highest BCUT2D eigenvalue weighted by molar-refractivity contribution is 6.32. The maximum Gasteiger partial charge on any atom is 0.243 e. The lowest BCUT2D eigenvalue weighted by atomic mass is 10.00. The first kappa shape index (κ1) is 30.7. The molecule has 1 aliphatic rings. The van der Waals surface area contributed by atoms with E-state index in [2.05, 4.69) is 63.6 Å². The van der Waals surface area contributed by atoms with Crippen LogP contribution in [0.1, 0.15) is 42.5 Å². The van der Waals surface area contributed by atoms with E-state index in [0.29, 0.717) is 28.3 Å². The molecule has 0 unspecified atom stereocenters. The number of hydrogen-bond acceptors (Lipinski definition) is 8. The van der Waals surface area contributed by atoms with Gasteiger partial charge in [0.2, 0.25) is 11.8 Å². The van der Waals surface area contributed by atoms with Gasteiger partial charge in [0.15, 0.2) is 0 Å². The lowest BCUT2D eigenvalue weighted by molar-refractivity contribution is 0.245. The van der Waals surface area contributed by atoms with Crippen molar-refractivity contribution in [2.24, 2.45) is 0 Å². The first-order chi connectivity index (χ1) is 19.6. The van der Waals surface area contributed by atoms with Crippen molar-refractivity contribution in [1.82, 2.24) is 25.1 Å². The fourth-order valence-corrected chi connectivity index (χ4v) is 5.15. The van der Waals surface area contributed by atoms with E-state index < -0.39 is 0 Å². The van der Waals surface area contributed by atoms with Crippen LogP contribution in [0.4, 0.5) is 11.6 Å². The Balaban J connectivity index is 1.56. The second-order valence-electron chi connectivity index (χ2n) is 10.4. The number of nitrogens with zero attached hydrogens (tertiary/aromatic N) is 4. The topological polar surface area (TPSA) is 74.8 Å². The number of rotatable bonds is 11. The van der Waals surface area contributed by atoms with Gasteiger partial charge in [-0.25, -0.2) is 4.98 Å². The minimum Gasteiger partial charge on any atom is -0.495 e. The van der Waals surface area contributed by atoms with Gasteiger partial charge in [-0.05, 0) is 77.8 Å². The van der Waals surface area contributed by atoms with Gasteiger partial charge in [-0.3, -0.25) is 0 Å². The summed E-state index contributed by atoms with van der Waals surface area (Å²) in [5, 5.41) is 7.51. The van der Waals surface area contributed by atoms with Gasteiger partial charge < -0.3 is 29.9 Å². The van der Waals surface area contributed by atoms with Crippen molar-refractivity contribution >= 4 is 46.6 Å². The molecule has 0 spiro atoms. The third kappa shape index (κ3) is 7.32. The Morgan fingerprint density at radius 3 is 2.56 bits per heavy atom. The minimum atomic E-state index is 0.153. The van der Waals surface area contributed by atoms with E-state index >= 15 is 0 Å². The molecule has 2 N–H and O–H groups in total. The normalized spacial score (nSPS) is 14.9. The average molecular weight is 598 g/mol. The predicted octanol–water partition coefficient (Wildman–Crippen LogP) is 7.25. The molecular weight excluding hydrogens is 559 g/mol. The van der Waals surface area contributed by atoms with E-state index in [1.807, 2.05) is 32.3 Å². The molecule has 1 atom stereocenters. The highest BCUT2D eigenvalue weighted by atomic mass is 35.5. The van der Waals surface area contributed by atoms with Gasteiger partial charge in [-0.15, -0.1) is 0 Å². The SMILES string of the molecule is C=Cc1c(Oc2nc(Nc3cc(Cl)c(C(=C)NC4CCN(C)CC4)cc3OC)ncc2Cl)cccc1[C@H](C)N(C)C. The number of anilines is 2. The lowest BCUT2D eigenvalue weighted by Gasteiger charge is -2.31. The van der Waals surface area contributed by atoms with Crippen molar-refractivity contribution in [3.05, 3.63) is 76.4 Å². The molecule has 10 heteroatoms. The second-order valence-corrected chi connectivity index (χ2v) is 11.2. The van der Waals surface area contributed by atoms with Gasteiger partial charge in [0, 0.05) is 28.9 Å². The molecule has 0 saturated carbocycles. The monoisotopic (exact) mass is 596 g/mol. The molecule has 0 bridgehead atoms. The zero-order chi connectivity index (χ0) is 29.7. The number of aromatic nitrogens is 2. The van der Waals surface area contributed by atoms with Crippen molar-refractivity contribution < 1.29 is 9.47 Å². The van der Waals surface area contributed by atoms with Gasteiger partial charge in [0.1, 0.15) is 16.5 Å². The fraction of sp³-hybridized carbons (Fsp3) is 0.355. The van der Waals surface area contributed by atoms with Crippen LogP contribution in [0.15, 0.2) is 49.7 Å². The molecule has 0 amide bonds. The summed E-state index contributed by atoms with van der Waals surface area (Å²) in [6.45, 7) is 12.5. The Bertz CT molecular complexity index is 1410. The summed E-state index contributed by atoms with van der Waals surface area (Å²) in [5.74, 6) is 1.64. The van der Waals surface area contributed by atoms with Crippen LogP contribution in [-0.4, -0.2) is 67.2 Å². The second kappa shape index (κ2) is 13.6. The quantitative estimate of drug-likeness (QED) is 0.240. The molecule has 1 aromatic heterocycles. The molecule has 1 aliphatic heterocycles. The van der Waals surface area contributed by atoms with Crippen LogP contribution in [0, 0.1) is 0 Å². The highest BCUT2D eigenvalue weighted by Crippen LogP contribution is 2.38. The van der Waals surface area contributed by atoms with Crippen molar-refractivity contribution in [3.63, 3.8) is 0 Å². The Labute approximate surface area is 253 Å². The number of likely N-dealkylation sites (tertiary alicyclic amines) is 1. The largest absolute Gasteiger partial charge is 0.495 e. The Kier molecular flexibility index (Phi) is 10.1. The van der Waals surface area contributed by atoms with Gasteiger partial charge in [-0.2, -0.15) is 4.98 Å². The number of benzene rings is 2. The smallest absolute Gasteiger partial charge is 0.243 e. The van der Waals surface area contributed by atoms with E-state index in [1.54, 1.807) is 19.3 Å². The summed E-state index contributed by atoms with van der Waals surface area (Å²) >= 11 is 13.2. The zero-order valence-electron chi connectivity index (χ0n) is 24.3. The third-order valence-electron chi connectivity index (χ3n) is 7.40. The van der Waals surface area contributed by atoms with Crippen LogP contribution in [0.3, 0.4) is 0 Å². The van der Waals surface area contributed by atoms with Crippen molar-refractivity contribution in [3.8, 4) is 17.4 Å². The molecule has 41 heavy (non-hydrogen) atoms. The van der Waals surface area contributed by atoms with E-state index in [1.165, 1.54) is 6.20 Å². The van der Waals surface area contributed by atoms with Crippen LogP contribution in [0.2, 0.25) is 10.0 Å². The van der Waals surface area contributed by atoms with Crippen LogP contribution in [0.5, 0.6) is 17.4 Å². The van der Waals surface area contributed by atoms with Gasteiger partial charge >= 0.3 is 0 Å². The summed E-state index contributed by atoms with van der Waals surface area (Å²) in [6, 6.07) is 10.0. The van der Waals surface area contributed by atoms with Gasteiger partial charge in [0.25, 0.3) is 0 Å². The standard InChI is InChI=1S/C31H38Cl2N6O2/c1-8-22-23(20(3)38(4)5)10-9-11-28(22)41-30-26(33)18-34-31(37-30)36-27-17-25(32)24(16-29(27)40-7)19(2)35-21-12-14-39(6)15-13-21/h8-11,16-18,20-21,35H,1-2,12-15H2,3-7H3,(H,34,36,37)/t20-/m0/s1. The molecule has 4 rings (SSSR count). The van der Waals surface area contributed by atoms with E-state index in [4.69, 9.17) is 32.7 Å². The number of halogens is 2. The summed E-state index contributed by atoms with van der Waals surface area (Å²) < 4.78 is 11.9. The Morgan fingerprint density at radius 2 is 1.90 bits per heavy atom. The minimum absolute atomic E-state index is 0.153. The fourth-order valence-electron chi connectivity index (χ4n) is 4.75. The maximum absolute atomic E-state index is 6.72. The van der Waals surface area contributed by atoms with E-state index in [-0.39, 0.29) is 22.9 Å². The summed E-state index contributed by atoms with van der Waals surface area (Å²) in [5.41, 5.74) is 4.08. The Hall–Kier alpha value is -3.30. The van der Waals surface area contributed by atoms with Crippen LogP contribution >= 0.6 is 23.2 Å². The molecule has 1 saturated heterocycles. The molecule has 218 valence electrons. The van der Waals surface area contributed by atoms with Crippen molar-refractivity contribution in [1.29, 1.82) is 0 Å². The molecule has 2 heterocycles. The van der Waals surface area contributed by atoms with E-state index in [9.17, 15) is 0 Å². The number of piperidine rings is 1. The number of methoxy groups -OCH3 is 1. The molecule has 8 nitrogen and oxygen atoms in total. The lowest BCUT2D eigenvalue weighted by Crippen LogP contribution is -2.39. The van der Waals surface area contributed by atoms with Gasteiger partial charge in [0.05, 0.1) is 24.0 Å². The highest BCUT2D eigenvalue weighted by Gasteiger charge is 2.20. The van der Waals surface area contributed by atoms with Gasteiger partial charge in [-0.1, -0.05) is 54.6 Å². The zero-order valence-corrected chi connectivity index (χ0v) is 25.8. The average Bonchev–Trinajstić information content (AvgIpc) is 2.95. The van der Waals surface area contributed by atoms with Crippen LogP contribution in [0.25, 0.3) is 11.8 Å². The maximum atomic E-state index is 6.72. The van der Waals surface area contributed by atoms with Crippen molar-refractivity contribution in [2.45, 2.75) is 31.8 Å². The summed E-state index contributed by atoms with van der Waals surface area (Å²) in [6.07, 6.45) is 5.37. The van der Waals surface area contributed by atoms with Crippen LogP contribution < -0.4 is 20.1 Å². The van der Waals surface area contributed by atoms with Crippen molar-refractivity contribution in [2.75, 3.05) is 46.7 Å². The number of ether oxygens (including phenoxy) is 2. The Morgan fingerprint density at radius 1 is 1.17 bits per heavy atom. The first-order valence-electron chi connectivity index (χ1n) is 13.5. The molecular formula is C31H38Cl2N6O2. The molecule has 0 radical (unpaired) electrons. The molecule has 2 aromatic carbocycles. The summed E-state index contributed by atoms with van der Waals surface area (Å²) in [4.78, 5) is 13.3. The van der Waals surface area contributed by atoms with Crippen LogP contribution in [-0.2, 0) is 0 Å². The molecule has 0 aliphatic carbocycles. The first-order valence-corrected chi connectivity index (χ1v) is 14.3. The summed E-state index contributed by atoms with van der Waals surface area (Å²) in [7, 11) is 7.79. The number of nitrogens with one attached hydrogen (secondary N) is 2.